The fraction of sp³-hybridized carbons (Fsp3) is 0.467. The average molecular weight is 279 g/mol. The predicted octanol–water partition coefficient (Wildman–Crippen LogP) is 2.75. The van der Waals surface area contributed by atoms with Gasteiger partial charge in [-0.15, -0.1) is 0 Å². The maximum Gasteiger partial charge on any atom is 0.347 e. The molecule has 0 aliphatic rings. The van der Waals surface area contributed by atoms with Crippen molar-refractivity contribution in [2.75, 3.05) is 5.32 Å². The van der Waals surface area contributed by atoms with Gasteiger partial charge in [-0.3, -0.25) is 4.79 Å². The van der Waals surface area contributed by atoms with Gasteiger partial charge in [-0.1, -0.05) is 0 Å². The highest BCUT2D eigenvalue weighted by Crippen LogP contribution is 2.18. The number of anilines is 1. The summed E-state index contributed by atoms with van der Waals surface area (Å²) < 4.78 is 10.7. The van der Waals surface area contributed by atoms with Crippen molar-refractivity contribution in [3.63, 3.8) is 0 Å². The number of hydrogen-bond donors (Lipinski definition) is 1. The molecule has 0 aliphatic heterocycles. The lowest BCUT2D eigenvalue weighted by Crippen LogP contribution is -2.33. The lowest BCUT2D eigenvalue weighted by molar-refractivity contribution is -0.162. The van der Waals surface area contributed by atoms with Crippen molar-refractivity contribution >= 4 is 17.6 Å². The van der Waals surface area contributed by atoms with Gasteiger partial charge in [-0.2, -0.15) is 0 Å². The van der Waals surface area contributed by atoms with Crippen LogP contribution in [0.3, 0.4) is 0 Å². The summed E-state index contributed by atoms with van der Waals surface area (Å²) in [6.45, 7) is 8.49. The normalized spacial score (nSPS) is 12.4. The van der Waals surface area contributed by atoms with Crippen molar-refractivity contribution in [1.29, 1.82) is 0 Å². The zero-order chi connectivity index (χ0) is 15.3. The summed E-state index contributed by atoms with van der Waals surface area (Å²) in [4.78, 5) is 22.7. The number of carbonyl (C=O) groups excluding carboxylic acids is 2. The van der Waals surface area contributed by atoms with Crippen molar-refractivity contribution < 1.29 is 19.1 Å². The van der Waals surface area contributed by atoms with E-state index in [1.807, 2.05) is 0 Å². The van der Waals surface area contributed by atoms with Crippen LogP contribution in [0.25, 0.3) is 0 Å². The zero-order valence-corrected chi connectivity index (χ0v) is 12.5. The smallest absolute Gasteiger partial charge is 0.347 e. The molecular weight excluding hydrogens is 258 g/mol. The van der Waals surface area contributed by atoms with Crippen LogP contribution in [-0.2, 0) is 14.3 Å². The molecule has 1 rings (SSSR count). The van der Waals surface area contributed by atoms with Crippen molar-refractivity contribution in [2.45, 2.75) is 46.3 Å². The largest absolute Gasteiger partial charge is 0.479 e. The van der Waals surface area contributed by atoms with E-state index in [9.17, 15) is 9.59 Å². The molecule has 0 aromatic heterocycles. The molecule has 0 heterocycles. The molecule has 20 heavy (non-hydrogen) atoms. The van der Waals surface area contributed by atoms with Crippen LogP contribution in [0.2, 0.25) is 0 Å². The summed E-state index contributed by atoms with van der Waals surface area (Å²) in [6, 6.07) is 6.79. The monoisotopic (exact) mass is 279 g/mol. The first-order valence-electron chi connectivity index (χ1n) is 6.44. The Bertz CT molecular complexity index is 474. The molecule has 0 fully saturated rings. The molecule has 1 aromatic rings. The zero-order valence-electron chi connectivity index (χ0n) is 12.5. The molecule has 5 nitrogen and oxygen atoms in total. The van der Waals surface area contributed by atoms with E-state index in [1.165, 1.54) is 6.92 Å². The summed E-state index contributed by atoms with van der Waals surface area (Å²) in [5.74, 6) is -0.0123. The molecular formula is C15H21NO4. The first kappa shape index (κ1) is 16.0. The third-order valence-electron chi connectivity index (χ3n) is 2.23. The second-order valence-electron chi connectivity index (χ2n) is 5.50. The quantitative estimate of drug-likeness (QED) is 0.861. The fourth-order valence-corrected chi connectivity index (χ4v) is 1.46. The minimum Gasteiger partial charge on any atom is -0.479 e. The van der Waals surface area contributed by atoms with Gasteiger partial charge in [-0.05, 0) is 52.0 Å². The van der Waals surface area contributed by atoms with Crippen LogP contribution in [0.15, 0.2) is 24.3 Å². The highest BCUT2D eigenvalue weighted by molar-refractivity contribution is 5.88. The van der Waals surface area contributed by atoms with E-state index in [0.717, 1.165) is 0 Å². The number of benzene rings is 1. The number of hydrogen-bond acceptors (Lipinski definition) is 4. The Morgan fingerprint density at radius 2 is 1.70 bits per heavy atom. The molecule has 0 bridgehead atoms. The number of carbonyl (C=O) groups is 2. The number of nitrogens with one attached hydrogen (secondary N) is 1. The van der Waals surface area contributed by atoms with Crippen LogP contribution >= 0.6 is 0 Å². The first-order valence-corrected chi connectivity index (χ1v) is 6.44. The summed E-state index contributed by atoms with van der Waals surface area (Å²) >= 11 is 0. The minimum atomic E-state index is -0.694. The van der Waals surface area contributed by atoms with Crippen LogP contribution < -0.4 is 10.1 Å². The van der Waals surface area contributed by atoms with Crippen LogP contribution in [0.4, 0.5) is 5.69 Å². The molecule has 5 heteroatoms. The van der Waals surface area contributed by atoms with Crippen LogP contribution in [-0.4, -0.2) is 23.6 Å². The molecule has 0 spiro atoms. The molecule has 110 valence electrons. The van der Waals surface area contributed by atoms with Crippen LogP contribution in [0, 0.1) is 0 Å². The Kier molecular flexibility index (Phi) is 5.13. The first-order chi connectivity index (χ1) is 9.17. The fourth-order valence-electron chi connectivity index (χ4n) is 1.46. The highest BCUT2D eigenvalue weighted by Gasteiger charge is 2.22. The summed E-state index contributed by atoms with van der Waals surface area (Å²) in [7, 11) is 0. The topological polar surface area (TPSA) is 64.6 Å². The Hall–Kier alpha value is -2.04. The van der Waals surface area contributed by atoms with E-state index in [1.54, 1.807) is 52.0 Å². The van der Waals surface area contributed by atoms with Crippen molar-refractivity contribution in [3.05, 3.63) is 24.3 Å². The standard InChI is InChI=1S/C15H21NO4/c1-10(14(18)20-15(3,4)5)19-13-8-6-12(7-9-13)16-11(2)17/h6-10H,1-5H3,(H,16,17). The van der Waals surface area contributed by atoms with Gasteiger partial charge in [-0.25, -0.2) is 4.79 Å². The molecule has 1 aromatic carbocycles. The van der Waals surface area contributed by atoms with Gasteiger partial charge in [0.1, 0.15) is 11.4 Å². The molecule has 1 unspecified atom stereocenters. The Labute approximate surface area is 119 Å². The molecule has 1 amide bonds. The van der Waals surface area contributed by atoms with Crippen molar-refractivity contribution in [1.82, 2.24) is 0 Å². The molecule has 0 saturated heterocycles. The maximum absolute atomic E-state index is 11.8. The van der Waals surface area contributed by atoms with E-state index < -0.39 is 17.7 Å². The number of rotatable bonds is 4. The molecule has 0 aliphatic carbocycles. The molecule has 1 atom stereocenters. The Morgan fingerprint density at radius 3 is 2.15 bits per heavy atom. The van der Waals surface area contributed by atoms with E-state index >= 15 is 0 Å². The van der Waals surface area contributed by atoms with Gasteiger partial charge in [0.15, 0.2) is 6.10 Å². The molecule has 1 N–H and O–H groups in total. The Morgan fingerprint density at radius 1 is 1.15 bits per heavy atom. The van der Waals surface area contributed by atoms with Crippen molar-refractivity contribution in [2.24, 2.45) is 0 Å². The van der Waals surface area contributed by atoms with E-state index in [4.69, 9.17) is 9.47 Å². The minimum absolute atomic E-state index is 0.138. The Balaban J connectivity index is 2.60. The van der Waals surface area contributed by atoms with Gasteiger partial charge >= 0.3 is 5.97 Å². The SMILES string of the molecule is CC(=O)Nc1ccc(OC(C)C(=O)OC(C)(C)C)cc1. The van der Waals surface area contributed by atoms with E-state index in [0.29, 0.717) is 11.4 Å². The van der Waals surface area contributed by atoms with Crippen LogP contribution in [0.1, 0.15) is 34.6 Å². The number of esters is 1. The lowest BCUT2D eigenvalue weighted by Gasteiger charge is -2.22. The van der Waals surface area contributed by atoms with Gasteiger partial charge < -0.3 is 14.8 Å². The lowest BCUT2D eigenvalue weighted by atomic mass is 10.2. The van der Waals surface area contributed by atoms with Gasteiger partial charge in [0.05, 0.1) is 0 Å². The van der Waals surface area contributed by atoms with Gasteiger partial charge in [0, 0.05) is 12.6 Å². The van der Waals surface area contributed by atoms with Gasteiger partial charge in [0.25, 0.3) is 0 Å². The van der Waals surface area contributed by atoms with Crippen LogP contribution in [0.5, 0.6) is 5.75 Å². The highest BCUT2D eigenvalue weighted by atomic mass is 16.6. The summed E-state index contributed by atoms with van der Waals surface area (Å²) in [6.07, 6.45) is -0.694. The number of ether oxygens (including phenoxy) is 2. The second kappa shape index (κ2) is 6.41. The summed E-state index contributed by atoms with van der Waals surface area (Å²) in [5.41, 5.74) is 0.138. The van der Waals surface area contributed by atoms with E-state index in [-0.39, 0.29) is 5.91 Å². The predicted molar refractivity (Wildman–Crippen MR) is 76.7 cm³/mol. The van der Waals surface area contributed by atoms with Crippen molar-refractivity contribution in [3.8, 4) is 5.75 Å². The maximum atomic E-state index is 11.8. The van der Waals surface area contributed by atoms with E-state index in [2.05, 4.69) is 5.32 Å². The second-order valence-corrected chi connectivity index (χ2v) is 5.50. The third-order valence-corrected chi connectivity index (χ3v) is 2.23. The molecule has 0 saturated carbocycles. The summed E-state index contributed by atoms with van der Waals surface area (Å²) in [5, 5.41) is 2.65. The van der Waals surface area contributed by atoms with Gasteiger partial charge in [0.2, 0.25) is 5.91 Å². The average Bonchev–Trinajstić information content (AvgIpc) is 2.28. The third kappa shape index (κ3) is 5.73. The molecule has 0 radical (unpaired) electrons. The number of amides is 1.